The Balaban J connectivity index is 3.06. The molecule has 1 rings (SSSR count). The molecular formula is C10H10FN. The van der Waals surface area contributed by atoms with Gasteiger partial charge in [0.2, 0.25) is 0 Å². The van der Waals surface area contributed by atoms with Gasteiger partial charge in [-0.3, -0.25) is 0 Å². The first-order valence-corrected chi connectivity index (χ1v) is 3.96. The number of hydrogen-bond donors (Lipinski definition) is 0. The van der Waals surface area contributed by atoms with Gasteiger partial charge in [-0.2, -0.15) is 5.26 Å². The van der Waals surface area contributed by atoms with Gasteiger partial charge in [0.1, 0.15) is 5.82 Å². The Morgan fingerprint density at radius 3 is 2.83 bits per heavy atom. The summed E-state index contributed by atoms with van der Waals surface area (Å²) in [6.45, 7) is 2.01. The third-order valence-electron chi connectivity index (χ3n) is 1.71. The zero-order valence-corrected chi connectivity index (χ0v) is 6.97. The molecule has 0 aliphatic heterocycles. The second kappa shape index (κ2) is 3.87. The van der Waals surface area contributed by atoms with Gasteiger partial charge in [0, 0.05) is 0 Å². The first-order chi connectivity index (χ1) is 5.77. The molecule has 0 fully saturated rings. The van der Waals surface area contributed by atoms with Gasteiger partial charge in [0.05, 0.1) is 11.6 Å². The van der Waals surface area contributed by atoms with Crippen LogP contribution in [-0.4, -0.2) is 0 Å². The highest BCUT2D eigenvalue weighted by Gasteiger charge is 2.01. The highest BCUT2D eigenvalue weighted by Crippen LogP contribution is 2.11. The Labute approximate surface area is 71.4 Å². The van der Waals surface area contributed by atoms with Crippen molar-refractivity contribution in [1.82, 2.24) is 0 Å². The Hall–Kier alpha value is -1.36. The molecule has 0 atom stereocenters. The minimum Gasteiger partial charge on any atom is -0.207 e. The standard InChI is InChI=1S/C10H10FN/c1-2-3-8-6-10(11)5-4-9(8)7-12/h4-6H,2-3H2,1H3. The van der Waals surface area contributed by atoms with Crippen molar-refractivity contribution in [2.45, 2.75) is 19.8 Å². The van der Waals surface area contributed by atoms with Crippen molar-refractivity contribution in [2.24, 2.45) is 0 Å². The summed E-state index contributed by atoms with van der Waals surface area (Å²) < 4.78 is 12.7. The van der Waals surface area contributed by atoms with Crippen molar-refractivity contribution in [3.05, 3.63) is 35.1 Å². The van der Waals surface area contributed by atoms with Crippen molar-refractivity contribution in [3.8, 4) is 6.07 Å². The van der Waals surface area contributed by atoms with E-state index < -0.39 is 0 Å². The van der Waals surface area contributed by atoms with Crippen LogP contribution in [-0.2, 0) is 6.42 Å². The van der Waals surface area contributed by atoms with E-state index in [1.807, 2.05) is 13.0 Å². The van der Waals surface area contributed by atoms with E-state index in [0.717, 1.165) is 18.4 Å². The normalized spacial score (nSPS) is 9.42. The van der Waals surface area contributed by atoms with E-state index in [1.165, 1.54) is 18.2 Å². The largest absolute Gasteiger partial charge is 0.207 e. The van der Waals surface area contributed by atoms with E-state index in [1.54, 1.807) is 0 Å². The van der Waals surface area contributed by atoms with Gasteiger partial charge >= 0.3 is 0 Å². The second-order valence-corrected chi connectivity index (χ2v) is 2.66. The first-order valence-electron chi connectivity index (χ1n) is 3.96. The van der Waals surface area contributed by atoms with Gasteiger partial charge in [0.25, 0.3) is 0 Å². The van der Waals surface area contributed by atoms with Crippen LogP contribution in [0.1, 0.15) is 24.5 Å². The van der Waals surface area contributed by atoms with Crippen molar-refractivity contribution in [2.75, 3.05) is 0 Å². The lowest BCUT2D eigenvalue weighted by Crippen LogP contribution is -1.90. The topological polar surface area (TPSA) is 23.8 Å². The zero-order chi connectivity index (χ0) is 8.97. The van der Waals surface area contributed by atoms with Crippen molar-refractivity contribution >= 4 is 0 Å². The van der Waals surface area contributed by atoms with Crippen LogP contribution in [0.25, 0.3) is 0 Å². The van der Waals surface area contributed by atoms with Crippen LogP contribution in [0.2, 0.25) is 0 Å². The number of benzene rings is 1. The molecule has 0 N–H and O–H groups in total. The molecule has 0 amide bonds. The molecule has 0 aliphatic carbocycles. The predicted molar refractivity (Wildman–Crippen MR) is 45.1 cm³/mol. The van der Waals surface area contributed by atoms with Crippen LogP contribution in [0.4, 0.5) is 4.39 Å². The van der Waals surface area contributed by atoms with Gasteiger partial charge < -0.3 is 0 Å². The number of rotatable bonds is 2. The fraction of sp³-hybridized carbons (Fsp3) is 0.300. The molecule has 0 aliphatic rings. The van der Waals surface area contributed by atoms with E-state index in [4.69, 9.17) is 5.26 Å². The summed E-state index contributed by atoms with van der Waals surface area (Å²) >= 11 is 0. The lowest BCUT2D eigenvalue weighted by molar-refractivity contribution is 0.624. The third kappa shape index (κ3) is 1.82. The number of nitriles is 1. The fourth-order valence-electron chi connectivity index (χ4n) is 1.15. The second-order valence-electron chi connectivity index (χ2n) is 2.66. The SMILES string of the molecule is CCCc1cc(F)ccc1C#N. The van der Waals surface area contributed by atoms with Gasteiger partial charge in [-0.25, -0.2) is 4.39 Å². The first kappa shape index (κ1) is 8.73. The summed E-state index contributed by atoms with van der Waals surface area (Å²) in [6.07, 6.45) is 1.69. The molecule has 12 heavy (non-hydrogen) atoms. The van der Waals surface area contributed by atoms with E-state index in [-0.39, 0.29) is 5.82 Å². The van der Waals surface area contributed by atoms with E-state index >= 15 is 0 Å². The Kier molecular flexibility index (Phi) is 2.82. The molecule has 2 heteroatoms. The van der Waals surface area contributed by atoms with E-state index in [9.17, 15) is 4.39 Å². The Bertz CT molecular complexity index is 312. The molecule has 0 unspecified atom stereocenters. The smallest absolute Gasteiger partial charge is 0.123 e. The molecule has 0 aromatic heterocycles. The highest BCUT2D eigenvalue weighted by molar-refractivity contribution is 5.37. The lowest BCUT2D eigenvalue weighted by Gasteiger charge is -2.00. The maximum atomic E-state index is 12.7. The lowest BCUT2D eigenvalue weighted by atomic mass is 10.0. The summed E-state index contributed by atoms with van der Waals surface area (Å²) in [5.74, 6) is -0.266. The Morgan fingerprint density at radius 2 is 2.25 bits per heavy atom. The summed E-state index contributed by atoms with van der Waals surface area (Å²) in [5.41, 5.74) is 1.39. The van der Waals surface area contributed by atoms with Crippen LogP contribution >= 0.6 is 0 Å². The predicted octanol–water partition coefficient (Wildman–Crippen LogP) is 2.65. The van der Waals surface area contributed by atoms with Crippen LogP contribution in [0, 0.1) is 17.1 Å². The average molecular weight is 163 g/mol. The van der Waals surface area contributed by atoms with Crippen molar-refractivity contribution in [1.29, 1.82) is 5.26 Å². The number of hydrogen-bond acceptors (Lipinski definition) is 1. The molecule has 0 heterocycles. The minimum atomic E-state index is -0.266. The van der Waals surface area contributed by atoms with Crippen LogP contribution < -0.4 is 0 Å². The minimum absolute atomic E-state index is 0.266. The summed E-state index contributed by atoms with van der Waals surface area (Å²) in [6, 6.07) is 6.32. The number of aryl methyl sites for hydroxylation is 1. The monoisotopic (exact) mass is 163 g/mol. The number of nitrogens with zero attached hydrogens (tertiary/aromatic N) is 1. The molecule has 0 spiro atoms. The van der Waals surface area contributed by atoms with Gasteiger partial charge in [-0.05, 0) is 30.2 Å². The van der Waals surface area contributed by atoms with Crippen LogP contribution in [0.3, 0.4) is 0 Å². The molecule has 62 valence electrons. The average Bonchev–Trinajstić information content (AvgIpc) is 2.05. The molecule has 0 bridgehead atoms. The third-order valence-corrected chi connectivity index (χ3v) is 1.71. The van der Waals surface area contributed by atoms with Gasteiger partial charge in [-0.1, -0.05) is 13.3 Å². The Morgan fingerprint density at radius 1 is 1.50 bits per heavy atom. The fourth-order valence-corrected chi connectivity index (χ4v) is 1.15. The maximum absolute atomic E-state index is 12.7. The number of halogens is 1. The van der Waals surface area contributed by atoms with Crippen LogP contribution in [0.15, 0.2) is 18.2 Å². The van der Waals surface area contributed by atoms with Crippen molar-refractivity contribution < 1.29 is 4.39 Å². The van der Waals surface area contributed by atoms with E-state index in [2.05, 4.69) is 0 Å². The molecular weight excluding hydrogens is 153 g/mol. The summed E-state index contributed by atoms with van der Waals surface area (Å²) in [5, 5.41) is 8.66. The molecule has 0 saturated carbocycles. The quantitative estimate of drug-likeness (QED) is 0.657. The summed E-state index contributed by atoms with van der Waals surface area (Å²) in [4.78, 5) is 0. The van der Waals surface area contributed by atoms with Crippen molar-refractivity contribution in [3.63, 3.8) is 0 Å². The van der Waals surface area contributed by atoms with Gasteiger partial charge in [0.15, 0.2) is 0 Å². The van der Waals surface area contributed by atoms with Crippen LogP contribution in [0.5, 0.6) is 0 Å². The molecule has 0 radical (unpaired) electrons. The van der Waals surface area contributed by atoms with E-state index in [0.29, 0.717) is 5.56 Å². The maximum Gasteiger partial charge on any atom is 0.123 e. The summed E-state index contributed by atoms with van der Waals surface area (Å²) in [7, 11) is 0. The molecule has 1 nitrogen and oxygen atoms in total. The molecule has 0 saturated heterocycles. The van der Waals surface area contributed by atoms with Gasteiger partial charge in [-0.15, -0.1) is 0 Å². The highest BCUT2D eigenvalue weighted by atomic mass is 19.1. The molecule has 1 aromatic carbocycles. The zero-order valence-electron chi connectivity index (χ0n) is 6.97. The molecule has 1 aromatic rings.